The molecule has 18 heavy (non-hydrogen) atoms. The van der Waals surface area contributed by atoms with Gasteiger partial charge in [0.1, 0.15) is 18.0 Å². The minimum absolute atomic E-state index is 0.619. The minimum Gasteiger partial charge on any atom is -0.369 e. The second-order valence-corrected chi connectivity index (χ2v) is 5.36. The Bertz CT molecular complexity index is 539. The average molecular weight is 308 g/mol. The van der Waals surface area contributed by atoms with Crippen LogP contribution in [-0.2, 0) is 13.0 Å². The maximum absolute atomic E-state index is 4.34. The molecule has 0 amide bonds. The molecule has 0 aliphatic carbocycles. The molecule has 2 aromatic rings. The van der Waals surface area contributed by atoms with E-state index in [9.17, 15) is 0 Å². The zero-order chi connectivity index (χ0) is 12.4. The molecule has 2 aromatic heterocycles. The van der Waals surface area contributed by atoms with Crippen molar-refractivity contribution in [3.8, 4) is 0 Å². The molecule has 1 atom stereocenters. The van der Waals surface area contributed by atoms with Gasteiger partial charge >= 0.3 is 0 Å². The Morgan fingerprint density at radius 1 is 1.44 bits per heavy atom. The van der Waals surface area contributed by atoms with Crippen molar-refractivity contribution >= 4 is 21.7 Å². The second kappa shape index (κ2) is 5.06. The molecule has 0 unspecified atom stereocenters. The molecule has 0 bridgehead atoms. The summed E-state index contributed by atoms with van der Waals surface area (Å²) in [5, 5.41) is 3.37. The van der Waals surface area contributed by atoms with Gasteiger partial charge in [-0.2, -0.15) is 0 Å². The lowest BCUT2D eigenvalue weighted by Crippen LogP contribution is -2.26. The molecule has 3 rings (SSSR count). The topological polar surface area (TPSA) is 55.6 Å². The molecule has 94 valence electrons. The van der Waals surface area contributed by atoms with Crippen LogP contribution in [0.5, 0.6) is 0 Å². The summed E-state index contributed by atoms with van der Waals surface area (Å²) in [7, 11) is 0. The molecular formula is C12H14BrN5. The maximum atomic E-state index is 4.34. The third-order valence-electron chi connectivity index (χ3n) is 3.26. The van der Waals surface area contributed by atoms with Gasteiger partial charge in [0.15, 0.2) is 0 Å². The average Bonchev–Trinajstić information content (AvgIpc) is 2.85. The standard InChI is InChI=1S/C12H14BrN5/c13-10-6-14-8-17-12(10)16-5-9-1-2-11-15-3-4-18(11)7-9/h3-4,6,8-9H,1-2,5,7H2,(H,14,16,17)/t9-/m0/s1. The van der Waals surface area contributed by atoms with Crippen LogP contribution >= 0.6 is 15.9 Å². The largest absolute Gasteiger partial charge is 0.369 e. The summed E-state index contributed by atoms with van der Waals surface area (Å²) in [4.78, 5) is 12.5. The summed E-state index contributed by atoms with van der Waals surface area (Å²) in [5.74, 6) is 2.68. The smallest absolute Gasteiger partial charge is 0.143 e. The Kier molecular flexibility index (Phi) is 3.27. The molecule has 1 N–H and O–H groups in total. The van der Waals surface area contributed by atoms with E-state index < -0.39 is 0 Å². The van der Waals surface area contributed by atoms with Crippen molar-refractivity contribution in [2.45, 2.75) is 19.4 Å². The molecular weight excluding hydrogens is 294 g/mol. The van der Waals surface area contributed by atoms with E-state index in [1.165, 1.54) is 12.2 Å². The van der Waals surface area contributed by atoms with Gasteiger partial charge in [0.25, 0.3) is 0 Å². The van der Waals surface area contributed by atoms with E-state index in [1.807, 2.05) is 6.20 Å². The van der Waals surface area contributed by atoms with Crippen LogP contribution in [0.2, 0.25) is 0 Å². The quantitative estimate of drug-likeness (QED) is 0.943. The van der Waals surface area contributed by atoms with Crippen LogP contribution < -0.4 is 5.32 Å². The van der Waals surface area contributed by atoms with Crippen LogP contribution in [0.25, 0.3) is 0 Å². The van der Waals surface area contributed by atoms with Crippen molar-refractivity contribution in [2.75, 3.05) is 11.9 Å². The van der Waals surface area contributed by atoms with Crippen LogP contribution in [0, 0.1) is 5.92 Å². The monoisotopic (exact) mass is 307 g/mol. The number of fused-ring (bicyclic) bond motifs is 1. The van der Waals surface area contributed by atoms with Crippen LogP contribution in [0.1, 0.15) is 12.2 Å². The van der Waals surface area contributed by atoms with Crippen LogP contribution in [0.3, 0.4) is 0 Å². The van der Waals surface area contributed by atoms with Gasteiger partial charge in [-0.1, -0.05) is 0 Å². The van der Waals surface area contributed by atoms with Gasteiger partial charge in [0, 0.05) is 38.1 Å². The molecule has 5 nitrogen and oxygen atoms in total. The molecule has 6 heteroatoms. The number of nitrogens with one attached hydrogen (secondary N) is 1. The lowest BCUT2D eigenvalue weighted by atomic mass is 9.99. The van der Waals surface area contributed by atoms with Crippen molar-refractivity contribution in [3.05, 3.63) is 35.2 Å². The zero-order valence-electron chi connectivity index (χ0n) is 9.88. The van der Waals surface area contributed by atoms with Gasteiger partial charge in [-0.3, -0.25) is 0 Å². The fourth-order valence-electron chi connectivity index (χ4n) is 2.29. The Balaban J connectivity index is 1.61. The number of aryl methyl sites for hydroxylation is 1. The molecule has 0 saturated heterocycles. The summed E-state index contributed by atoms with van der Waals surface area (Å²) in [6.45, 7) is 1.96. The van der Waals surface area contributed by atoms with Crippen molar-refractivity contribution in [2.24, 2.45) is 5.92 Å². The first-order valence-corrected chi connectivity index (χ1v) is 6.81. The van der Waals surface area contributed by atoms with Gasteiger partial charge < -0.3 is 9.88 Å². The van der Waals surface area contributed by atoms with Crippen molar-refractivity contribution in [3.63, 3.8) is 0 Å². The Morgan fingerprint density at radius 3 is 3.28 bits per heavy atom. The van der Waals surface area contributed by atoms with E-state index in [1.54, 1.807) is 12.5 Å². The molecule has 0 aromatic carbocycles. The zero-order valence-corrected chi connectivity index (χ0v) is 11.5. The number of halogens is 1. The summed E-state index contributed by atoms with van der Waals surface area (Å²) < 4.78 is 3.15. The fraction of sp³-hybridized carbons (Fsp3) is 0.417. The first-order valence-electron chi connectivity index (χ1n) is 6.02. The SMILES string of the molecule is Brc1cncnc1NC[C@@H]1CCc2nccn2C1. The normalized spacial score (nSPS) is 18.4. The number of imidazole rings is 1. The van der Waals surface area contributed by atoms with E-state index >= 15 is 0 Å². The summed E-state index contributed by atoms with van der Waals surface area (Å²) in [6, 6.07) is 0. The lowest BCUT2D eigenvalue weighted by Gasteiger charge is -2.24. The summed E-state index contributed by atoms with van der Waals surface area (Å²) in [5.41, 5.74) is 0. The van der Waals surface area contributed by atoms with Crippen LogP contribution in [0.15, 0.2) is 29.4 Å². The molecule has 3 heterocycles. The van der Waals surface area contributed by atoms with Gasteiger partial charge in [-0.25, -0.2) is 15.0 Å². The summed E-state index contributed by atoms with van der Waals surface area (Å²) >= 11 is 3.44. The number of nitrogens with zero attached hydrogens (tertiary/aromatic N) is 4. The van der Waals surface area contributed by atoms with Crippen molar-refractivity contribution < 1.29 is 0 Å². The van der Waals surface area contributed by atoms with Gasteiger partial charge in [-0.05, 0) is 28.3 Å². The fourth-order valence-corrected chi connectivity index (χ4v) is 2.65. The number of rotatable bonds is 3. The van der Waals surface area contributed by atoms with E-state index in [2.05, 4.69) is 47.0 Å². The highest BCUT2D eigenvalue weighted by atomic mass is 79.9. The van der Waals surface area contributed by atoms with Crippen molar-refractivity contribution in [1.82, 2.24) is 19.5 Å². The molecule has 0 spiro atoms. The van der Waals surface area contributed by atoms with E-state index in [4.69, 9.17) is 0 Å². The first kappa shape index (κ1) is 11.6. The van der Waals surface area contributed by atoms with Gasteiger partial charge in [0.2, 0.25) is 0 Å². The highest BCUT2D eigenvalue weighted by Gasteiger charge is 2.18. The maximum Gasteiger partial charge on any atom is 0.143 e. The Labute approximate surface area is 114 Å². The molecule has 1 aliphatic heterocycles. The minimum atomic E-state index is 0.619. The van der Waals surface area contributed by atoms with Crippen LogP contribution in [0.4, 0.5) is 5.82 Å². The number of aromatic nitrogens is 4. The first-order chi connectivity index (χ1) is 8.83. The molecule has 0 saturated carbocycles. The Morgan fingerprint density at radius 2 is 2.39 bits per heavy atom. The van der Waals surface area contributed by atoms with E-state index in [-0.39, 0.29) is 0 Å². The molecule has 0 fully saturated rings. The second-order valence-electron chi connectivity index (χ2n) is 4.50. The predicted octanol–water partition coefficient (Wildman–Crippen LogP) is 2.11. The number of hydrogen-bond donors (Lipinski definition) is 1. The highest BCUT2D eigenvalue weighted by Crippen LogP contribution is 2.21. The summed E-state index contributed by atoms with van der Waals surface area (Å²) in [6.07, 6.45) is 9.48. The molecule has 0 radical (unpaired) electrons. The number of anilines is 1. The third-order valence-corrected chi connectivity index (χ3v) is 3.84. The lowest BCUT2D eigenvalue weighted by molar-refractivity contribution is 0.381. The van der Waals surface area contributed by atoms with E-state index in [0.717, 1.165) is 29.8 Å². The number of hydrogen-bond acceptors (Lipinski definition) is 4. The highest BCUT2D eigenvalue weighted by molar-refractivity contribution is 9.10. The molecule has 1 aliphatic rings. The van der Waals surface area contributed by atoms with Gasteiger partial charge in [0.05, 0.1) is 4.47 Å². The predicted molar refractivity (Wildman–Crippen MR) is 72.3 cm³/mol. The van der Waals surface area contributed by atoms with Gasteiger partial charge in [-0.15, -0.1) is 0 Å². The third kappa shape index (κ3) is 2.38. The Hall–Kier alpha value is -1.43. The van der Waals surface area contributed by atoms with Crippen LogP contribution in [-0.4, -0.2) is 26.1 Å². The van der Waals surface area contributed by atoms with E-state index in [0.29, 0.717) is 5.92 Å². The van der Waals surface area contributed by atoms with Crippen molar-refractivity contribution in [1.29, 1.82) is 0 Å².